The third-order valence-electron chi connectivity index (χ3n) is 3.50. The summed E-state index contributed by atoms with van der Waals surface area (Å²) < 4.78 is 10.6. The first-order valence-corrected chi connectivity index (χ1v) is 6.12. The molecule has 1 aliphatic rings. The zero-order valence-electron chi connectivity index (χ0n) is 10.7. The maximum absolute atomic E-state index is 11.5. The number of carbonyl (C=O) groups excluding carboxylic acids is 1. The molecule has 1 saturated carbocycles. The maximum Gasteiger partial charge on any atom is 0.308 e. The lowest BCUT2D eigenvalue weighted by Gasteiger charge is -2.46. The van der Waals surface area contributed by atoms with Crippen LogP contribution in [0.5, 0.6) is 5.75 Å². The Balaban J connectivity index is 2.15. The number of phenolic OH excluding ortho intramolecular Hbond substituents is 1. The highest BCUT2D eigenvalue weighted by molar-refractivity contribution is 5.74. The van der Waals surface area contributed by atoms with Crippen LogP contribution in [0.3, 0.4) is 0 Å². The van der Waals surface area contributed by atoms with Gasteiger partial charge in [0.05, 0.1) is 18.6 Å². The van der Waals surface area contributed by atoms with Crippen LogP contribution in [0.4, 0.5) is 0 Å². The van der Waals surface area contributed by atoms with Gasteiger partial charge in [0.15, 0.2) is 0 Å². The Kier molecular flexibility index (Phi) is 3.57. The molecule has 0 amide bonds. The molecule has 0 heterocycles. The van der Waals surface area contributed by atoms with Gasteiger partial charge >= 0.3 is 5.97 Å². The van der Waals surface area contributed by atoms with Crippen molar-refractivity contribution >= 4 is 5.97 Å². The molecule has 1 fully saturated rings. The van der Waals surface area contributed by atoms with E-state index in [1.54, 1.807) is 12.1 Å². The van der Waals surface area contributed by atoms with E-state index in [1.807, 2.05) is 19.1 Å². The van der Waals surface area contributed by atoms with Crippen molar-refractivity contribution in [2.45, 2.75) is 25.4 Å². The Hall–Kier alpha value is -1.55. The van der Waals surface area contributed by atoms with Gasteiger partial charge in [-0.05, 0) is 37.5 Å². The summed E-state index contributed by atoms with van der Waals surface area (Å²) >= 11 is 0. The minimum absolute atomic E-state index is 0.0876. The first kappa shape index (κ1) is 12.9. The number of methoxy groups -OCH3 is 1. The Bertz CT molecular complexity index is 418. The summed E-state index contributed by atoms with van der Waals surface area (Å²) in [7, 11) is 1.41. The number of rotatable bonds is 4. The smallest absolute Gasteiger partial charge is 0.308 e. The van der Waals surface area contributed by atoms with Gasteiger partial charge in [0, 0.05) is 6.61 Å². The number of hydrogen-bond acceptors (Lipinski definition) is 4. The molecule has 0 bridgehead atoms. The predicted octanol–water partition coefficient (Wildman–Crippen LogP) is 2.21. The Morgan fingerprint density at radius 3 is 2.50 bits per heavy atom. The lowest BCUT2D eigenvalue weighted by atomic mass is 9.67. The van der Waals surface area contributed by atoms with Crippen LogP contribution in [0.1, 0.15) is 25.3 Å². The van der Waals surface area contributed by atoms with Crippen LogP contribution in [0.15, 0.2) is 24.3 Å². The summed E-state index contributed by atoms with van der Waals surface area (Å²) in [6.07, 6.45) is 1.27. The second kappa shape index (κ2) is 4.98. The number of benzene rings is 1. The normalized spacial score (nSPS) is 26.4. The molecule has 1 aliphatic carbocycles. The highest BCUT2D eigenvalue weighted by atomic mass is 16.5. The predicted molar refractivity (Wildman–Crippen MR) is 66.2 cm³/mol. The number of phenols is 1. The van der Waals surface area contributed by atoms with E-state index in [0.29, 0.717) is 19.4 Å². The molecule has 1 aromatic rings. The zero-order chi connectivity index (χ0) is 13.2. The first-order valence-electron chi connectivity index (χ1n) is 6.12. The van der Waals surface area contributed by atoms with Crippen molar-refractivity contribution in [3.05, 3.63) is 29.8 Å². The van der Waals surface area contributed by atoms with Crippen molar-refractivity contribution in [3.8, 4) is 5.75 Å². The Morgan fingerprint density at radius 2 is 2.00 bits per heavy atom. The molecule has 0 saturated heterocycles. The molecule has 0 unspecified atom stereocenters. The third kappa shape index (κ3) is 2.20. The summed E-state index contributed by atoms with van der Waals surface area (Å²) in [6, 6.07) is 6.97. The fraction of sp³-hybridized carbons (Fsp3) is 0.500. The second-order valence-electron chi connectivity index (χ2n) is 4.60. The molecule has 1 N–H and O–H groups in total. The summed E-state index contributed by atoms with van der Waals surface area (Å²) in [4.78, 5) is 11.5. The molecule has 0 radical (unpaired) electrons. The summed E-state index contributed by atoms with van der Waals surface area (Å²) in [6.45, 7) is 2.53. The van der Waals surface area contributed by atoms with Crippen LogP contribution in [-0.2, 0) is 19.9 Å². The molecule has 98 valence electrons. The van der Waals surface area contributed by atoms with E-state index < -0.39 is 5.60 Å². The van der Waals surface area contributed by atoms with E-state index in [0.717, 1.165) is 5.56 Å². The van der Waals surface area contributed by atoms with Crippen LogP contribution in [0.2, 0.25) is 0 Å². The van der Waals surface area contributed by atoms with Gasteiger partial charge in [-0.3, -0.25) is 4.79 Å². The van der Waals surface area contributed by atoms with Gasteiger partial charge in [-0.15, -0.1) is 0 Å². The minimum atomic E-state index is -0.401. The molecule has 0 aromatic heterocycles. The fourth-order valence-electron chi connectivity index (χ4n) is 2.55. The van der Waals surface area contributed by atoms with Crippen LogP contribution in [0, 0.1) is 5.92 Å². The second-order valence-corrected chi connectivity index (χ2v) is 4.60. The van der Waals surface area contributed by atoms with Gasteiger partial charge in [0.2, 0.25) is 0 Å². The third-order valence-corrected chi connectivity index (χ3v) is 3.50. The van der Waals surface area contributed by atoms with Crippen LogP contribution >= 0.6 is 0 Å². The van der Waals surface area contributed by atoms with E-state index >= 15 is 0 Å². The largest absolute Gasteiger partial charge is 0.508 e. The van der Waals surface area contributed by atoms with Gasteiger partial charge in [0.25, 0.3) is 0 Å². The van der Waals surface area contributed by atoms with Crippen molar-refractivity contribution in [2.24, 2.45) is 5.92 Å². The molecule has 2 rings (SSSR count). The number of hydrogen-bond donors (Lipinski definition) is 1. The van der Waals surface area contributed by atoms with Crippen molar-refractivity contribution in [3.63, 3.8) is 0 Å². The lowest BCUT2D eigenvalue weighted by Crippen LogP contribution is -2.47. The van der Waals surface area contributed by atoms with E-state index in [2.05, 4.69) is 0 Å². The van der Waals surface area contributed by atoms with Crippen LogP contribution in [-0.4, -0.2) is 24.8 Å². The average molecular weight is 250 g/mol. The Labute approximate surface area is 107 Å². The molecule has 0 aliphatic heterocycles. The highest BCUT2D eigenvalue weighted by Gasteiger charge is 2.50. The lowest BCUT2D eigenvalue weighted by molar-refractivity contribution is -0.173. The standard InChI is InChI=1S/C14H18O4/c1-3-18-14(8-10(9-14)13(16)17-2)11-4-6-12(15)7-5-11/h4-7,10,15H,3,8-9H2,1-2H3. The highest BCUT2D eigenvalue weighted by Crippen LogP contribution is 2.49. The fourth-order valence-corrected chi connectivity index (χ4v) is 2.55. The Morgan fingerprint density at radius 1 is 1.39 bits per heavy atom. The van der Waals surface area contributed by atoms with Gasteiger partial charge in [0.1, 0.15) is 5.75 Å². The van der Waals surface area contributed by atoms with Crippen molar-refractivity contribution in [1.82, 2.24) is 0 Å². The topological polar surface area (TPSA) is 55.8 Å². The van der Waals surface area contributed by atoms with E-state index in [9.17, 15) is 9.90 Å². The minimum Gasteiger partial charge on any atom is -0.508 e. The van der Waals surface area contributed by atoms with Gasteiger partial charge in [-0.25, -0.2) is 0 Å². The van der Waals surface area contributed by atoms with Crippen molar-refractivity contribution in [2.75, 3.05) is 13.7 Å². The SMILES string of the molecule is CCOC1(c2ccc(O)cc2)CC(C(=O)OC)C1. The van der Waals surface area contributed by atoms with Crippen LogP contribution in [0.25, 0.3) is 0 Å². The summed E-state index contributed by atoms with van der Waals surface area (Å²) in [5.74, 6) is -0.0336. The summed E-state index contributed by atoms with van der Waals surface area (Å²) in [5.41, 5.74) is 0.601. The number of aromatic hydroxyl groups is 1. The molecule has 1 aromatic carbocycles. The van der Waals surface area contributed by atoms with Crippen molar-refractivity contribution < 1.29 is 19.4 Å². The molecule has 0 spiro atoms. The molecule has 4 heteroatoms. The average Bonchev–Trinajstić information content (AvgIpc) is 2.33. The molecule has 0 atom stereocenters. The van der Waals surface area contributed by atoms with Gasteiger partial charge in [-0.2, -0.15) is 0 Å². The summed E-state index contributed by atoms with van der Waals surface area (Å²) in [5, 5.41) is 9.31. The van der Waals surface area contributed by atoms with E-state index in [1.165, 1.54) is 7.11 Å². The van der Waals surface area contributed by atoms with Gasteiger partial charge in [-0.1, -0.05) is 12.1 Å². The maximum atomic E-state index is 11.5. The van der Waals surface area contributed by atoms with Gasteiger partial charge < -0.3 is 14.6 Å². The number of ether oxygens (including phenoxy) is 2. The molecular weight excluding hydrogens is 232 g/mol. The molecule has 18 heavy (non-hydrogen) atoms. The molecular formula is C14H18O4. The molecule has 4 nitrogen and oxygen atoms in total. The number of esters is 1. The quantitative estimate of drug-likeness (QED) is 0.832. The van der Waals surface area contributed by atoms with E-state index in [-0.39, 0.29) is 17.6 Å². The first-order chi connectivity index (χ1) is 8.61. The number of carbonyl (C=O) groups is 1. The monoisotopic (exact) mass is 250 g/mol. The van der Waals surface area contributed by atoms with Crippen molar-refractivity contribution in [1.29, 1.82) is 0 Å². The van der Waals surface area contributed by atoms with E-state index in [4.69, 9.17) is 9.47 Å². The van der Waals surface area contributed by atoms with Crippen LogP contribution < -0.4 is 0 Å². The zero-order valence-corrected chi connectivity index (χ0v) is 10.7.